The topological polar surface area (TPSA) is 48.2 Å². The summed E-state index contributed by atoms with van der Waals surface area (Å²) in [6.07, 6.45) is 0. The minimum Gasteiger partial charge on any atom is -0.508 e. The number of phenols is 1. The van der Waals surface area contributed by atoms with E-state index in [1.165, 1.54) is 4.90 Å². The number of likely N-dealkylation sites (N-methyl/N-ethyl adjacent to an activating group) is 1. The molecule has 5 heteroatoms. The molecule has 3 rings (SSSR count). The molecule has 0 saturated carbocycles. The van der Waals surface area contributed by atoms with Crippen molar-refractivity contribution in [2.24, 2.45) is 0 Å². The fourth-order valence-electron chi connectivity index (χ4n) is 3.22. The van der Waals surface area contributed by atoms with Crippen molar-refractivity contribution in [1.82, 2.24) is 4.90 Å². The molecule has 5 nitrogen and oxygen atoms in total. The van der Waals surface area contributed by atoms with Crippen molar-refractivity contribution in [3.8, 4) is 5.75 Å². The molecule has 0 aliphatic carbocycles. The van der Waals surface area contributed by atoms with E-state index < -0.39 is 0 Å². The van der Waals surface area contributed by atoms with Gasteiger partial charge >= 0.3 is 0 Å². The van der Waals surface area contributed by atoms with Crippen LogP contribution in [-0.4, -0.2) is 55.7 Å². The quantitative estimate of drug-likeness (QED) is 0.845. The highest BCUT2D eigenvalue weighted by molar-refractivity contribution is 5.76. The van der Waals surface area contributed by atoms with Crippen LogP contribution in [0.1, 0.15) is 5.56 Å². The number of carbonyl (C=O) groups is 1. The largest absolute Gasteiger partial charge is 0.508 e. The molecule has 0 atom stereocenters. The Morgan fingerprint density at radius 1 is 1.08 bits per heavy atom. The Hall–Kier alpha value is -2.53. The first kappa shape index (κ1) is 17.3. The number of quaternary nitrogens is 1. The van der Waals surface area contributed by atoms with Crippen molar-refractivity contribution in [3.63, 3.8) is 0 Å². The maximum atomic E-state index is 12.5. The Balaban J connectivity index is 1.46. The predicted molar refractivity (Wildman–Crippen MR) is 98.8 cm³/mol. The maximum absolute atomic E-state index is 12.5. The second-order valence-corrected chi connectivity index (χ2v) is 6.67. The lowest BCUT2D eigenvalue weighted by Gasteiger charge is -2.34. The van der Waals surface area contributed by atoms with Gasteiger partial charge in [-0.1, -0.05) is 30.3 Å². The molecular formula is C20H26N3O2+. The van der Waals surface area contributed by atoms with Crippen LogP contribution in [0.3, 0.4) is 0 Å². The van der Waals surface area contributed by atoms with Crippen LogP contribution < -0.4 is 9.80 Å². The lowest BCUT2D eigenvalue weighted by Crippen LogP contribution is -3.15. The van der Waals surface area contributed by atoms with Crippen molar-refractivity contribution < 1.29 is 14.8 Å². The SMILES string of the molecule is CN(Cc1ccccc1)C(=O)C[NH+]1CCN(c2ccc(O)cc2)CC1. The highest BCUT2D eigenvalue weighted by atomic mass is 16.3. The van der Waals surface area contributed by atoms with Crippen molar-refractivity contribution in [3.05, 3.63) is 60.2 Å². The summed E-state index contributed by atoms with van der Waals surface area (Å²) in [6, 6.07) is 17.4. The molecule has 132 valence electrons. The van der Waals surface area contributed by atoms with Gasteiger partial charge in [0.05, 0.1) is 26.2 Å². The molecule has 25 heavy (non-hydrogen) atoms. The van der Waals surface area contributed by atoms with E-state index in [1.54, 1.807) is 12.1 Å². The van der Waals surface area contributed by atoms with Gasteiger partial charge in [-0.3, -0.25) is 4.79 Å². The zero-order valence-corrected chi connectivity index (χ0v) is 14.7. The van der Waals surface area contributed by atoms with E-state index in [0.29, 0.717) is 18.8 Å². The summed E-state index contributed by atoms with van der Waals surface area (Å²) in [7, 11) is 1.88. The van der Waals surface area contributed by atoms with Crippen LogP contribution in [0.5, 0.6) is 5.75 Å². The van der Waals surface area contributed by atoms with Crippen molar-refractivity contribution in [2.45, 2.75) is 6.54 Å². The van der Waals surface area contributed by atoms with Gasteiger partial charge in [0, 0.05) is 19.3 Å². The molecule has 0 radical (unpaired) electrons. The lowest BCUT2D eigenvalue weighted by atomic mass is 10.2. The smallest absolute Gasteiger partial charge is 0.277 e. The van der Waals surface area contributed by atoms with Crippen LogP contribution in [0.15, 0.2) is 54.6 Å². The van der Waals surface area contributed by atoms with Gasteiger partial charge in [0.1, 0.15) is 5.75 Å². The molecule has 2 N–H and O–H groups in total. The van der Waals surface area contributed by atoms with Crippen LogP contribution >= 0.6 is 0 Å². The summed E-state index contributed by atoms with van der Waals surface area (Å²) in [6.45, 7) is 4.96. The monoisotopic (exact) mass is 340 g/mol. The molecule has 2 aromatic rings. The maximum Gasteiger partial charge on any atom is 0.277 e. The van der Waals surface area contributed by atoms with Gasteiger partial charge in [-0.15, -0.1) is 0 Å². The summed E-state index contributed by atoms with van der Waals surface area (Å²) in [4.78, 5) is 17.9. The summed E-state index contributed by atoms with van der Waals surface area (Å²) in [5.41, 5.74) is 2.29. The second-order valence-electron chi connectivity index (χ2n) is 6.67. The van der Waals surface area contributed by atoms with Gasteiger partial charge in [-0.25, -0.2) is 0 Å². The summed E-state index contributed by atoms with van der Waals surface area (Å²) in [5, 5.41) is 9.39. The number of phenolic OH excluding ortho intramolecular Hbond substituents is 1. The van der Waals surface area contributed by atoms with E-state index in [9.17, 15) is 9.90 Å². The van der Waals surface area contributed by atoms with Gasteiger partial charge in [0.2, 0.25) is 0 Å². The third kappa shape index (κ3) is 4.73. The summed E-state index contributed by atoms with van der Waals surface area (Å²) in [5.74, 6) is 0.483. The molecule has 1 heterocycles. The minimum atomic E-state index is 0.192. The third-order valence-electron chi connectivity index (χ3n) is 4.77. The number of piperazine rings is 1. The molecule has 1 aliphatic heterocycles. The van der Waals surface area contributed by atoms with E-state index in [4.69, 9.17) is 0 Å². The molecular weight excluding hydrogens is 314 g/mol. The molecule has 1 amide bonds. The normalized spacial score (nSPS) is 15.2. The van der Waals surface area contributed by atoms with Gasteiger partial charge in [0.15, 0.2) is 6.54 Å². The molecule has 1 saturated heterocycles. The molecule has 0 unspecified atom stereocenters. The minimum absolute atomic E-state index is 0.192. The van der Waals surface area contributed by atoms with E-state index >= 15 is 0 Å². The number of hydrogen-bond donors (Lipinski definition) is 2. The zero-order valence-electron chi connectivity index (χ0n) is 14.7. The number of hydrogen-bond acceptors (Lipinski definition) is 3. The van der Waals surface area contributed by atoms with Crippen molar-refractivity contribution in [1.29, 1.82) is 0 Å². The fourth-order valence-corrected chi connectivity index (χ4v) is 3.22. The number of aromatic hydroxyl groups is 1. The lowest BCUT2D eigenvalue weighted by molar-refractivity contribution is -0.892. The fraction of sp³-hybridized carbons (Fsp3) is 0.350. The van der Waals surface area contributed by atoms with E-state index in [1.807, 2.05) is 54.4 Å². The standard InChI is InChI=1S/C20H25N3O2/c1-21(15-17-5-3-2-4-6-17)20(25)16-22-11-13-23(14-12-22)18-7-9-19(24)10-8-18/h2-10,24H,11-16H2,1H3/p+1. The number of benzene rings is 2. The summed E-state index contributed by atoms with van der Waals surface area (Å²) >= 11 is 0. The molecule has 1 fully saturated rings. The number of anilines is 1. The Bertz CT molecular complexity index is 680. The second kappa shape index (κ2) is 8.03. The Labute approximate surface area is 149 Å². The van der Waals surface area contributed by atoms with E-state index in [2.05, 4.69) is 4.90 Å². The first-order valence-electron chi connectivity index (χ1n) is 8.77. The first-order valence-corrected chi connectivity index (χ1v) is 8.77. The number of rotatable bonds is 5. The highest BCUT2D eigenvalue weighted by Gasteiger charge is 2.23. The average Bonchev–Trinajstić information content (AvgIpc) is 2.64. The molecule has 0 aromatic heterocycles. The zero-order chi connectivity index (χ0) is 17.6. The number of carbonyl (C=O) groups excluding carboxylic acids is 1. The predicted octanol–water partition coefficient (Wildman–Crippen LogP) is 0.756. The Morgan fingerprint density at radius 3 is 2.36 bits per heavy atom. The molecule has 0 bridgehead atoms. The van der Waals surface area contributed by atoms with Crippen LogP contribution in [0.4, 0.5) is 5.69 Å². The third-order valence-corrected chi connectivity index (χ3v) is 4.77. The molecule has 2 aromatic carbocycles. The summed E-state index contributed by atoms with van der Waals surface area (Å²) < 4.78 is 0. The number of nitrogens with one attached hydrogen (secondary N) is 1. The first-order chi connectivity index (χ1) is 12.1. The van der Waals surface area contributed by atoms with Gasteiger partial charge in [-0.05, 0) is 29.8 Å². The van der Waals surface area contributed by atoms with E-state index in [-0.39, 0.29) is 5.91 Å². The van der Waals surface area contributed by atoms with Crippen LogP contribution in [-0.2, 0) is 11.3 Å². The van der Waals surface area contributed by atoms with Crippen LogP contribution in [0.2, 0.25) is 0 Å². The van der Waals surface area contributed by atoms with Crippen molar-refractivity contribution in [2.75, 3.05) is 44.7 Å². The van der Waals surface area contributed by atoms with E-state index in [0.717, 1.165) is 37.4 Å². The van der Waals surface area contributed by atoms with Gasteiger partial charge < -0.3 is 19.8 Å². The Kier molecular flexibility index (Phi) is 5.56. The van der Waals surface area contributed by atoms with Crippen LogP contribution in [0, 0.1) is 0 Å². The molecule has 1 aliphatic rings. The highest BCUT2D eigenvalue weighted by Crippen LogP contribution is 2.18. The number of amides is 1. The average molecular weight is 340 g/mol. The van der Waals surface area contributed by atoms with Gasteiger partial charge in [-0.2, -0.15) is 0 Å². The van der Waals surface area contributed by atoms with Crippen molar-refractivity contribution >= 4 is 11.6 Å². The number of nitrogens with zero attached hydrogens (tertiary/aromatic N) is 2. The van der Waals surface area contributed by atoms with Crippen LogP contribution in [0.25, 0.3) is 0 Å². The van der Waals surface area contributed by atoms with Gasteiger partial charge in [0.25, 0.3) is 5.91 Å². The Morgan fingerprint density at radius 2 is 1.72 bits per heavy atom. The molecule has 0 spiro atoms.